The number of fused-ring (bicyclic) bond motifs is 3. The summed E-state index contributed by atoms with van der Waals surface area (Å²) in [5.41, 5.74) is 2.83. The van der Waals surface area contributed by atoms with Crippen molar-refractivity contribution >= 4 is 36.0 Å². The lowest BCUT2D eigenvalue weighted by atomic mass is 9.92. The Hall–Kier alpha value is -2.90. The topological polar surface area (TPSA) is 58.3 Å². The van der Waals surface area contributed by atoms with E-state index in [9.17, 15) is 4.79 Å². The lowest BCUT2D eigenvalue weighted by Gasteiger charge is -2.30. The predicted octanol–water partition coefficient (Wildman–Crippen LogP) is 6.64. The second kappa shape index (κ2) is 9.99. The molecule has 1 fully saturated rings. The second-order valence-electron chi connectivity index (χ2n) is 10.9. The van der Waals surface area contributed by atoms with Crippen molar-refractivity contribution in [1.82, 2.24) is 14.1 Å². The van der Waals surface area contributed by atoms with Gasteiger partial charge in [0, 0.05) is 50.1 Å². The van der Waals surface area contributed by atoms with Crippen molar-refractivity contribution in [1.29, 1.82) is 0 Å². The normalized spacial score (nSPS) is 18.8. The van der Waals surface area contributed by atoms with Crippen LogP contribution in [-0.4, -0.2) is 40.9 Å². The van der Waals surface area contributed by atoms with Crippen LogP contribution >= 0.6 is 0 Å². The van der Waals surface area contributed by atoms with Crippen molar-refractivity contribution in [2.24, 2.45) is 0 Å². The molecule has 0 saturated heterocycles. The van der Waals surface area contributed by atoms with Crippen LogP contribution in [0.15, 0.2) is 61.1 Å². The van der Waals surface area contributed by atoms with E-state index >= 15 is 0 Å². The summed E-state index contributed by atoms with van der Waals surface area (Å²) < 4.78 is 16.3. The van der Waals surface area contributed by atoms with Crippen LogP contribution in [0.3, 0.4) is 0 Å². The minimum atomic E-state index is -1.10. The molecule has 184 valence electrons. The van der Waals surface area contributed by atoms with E-state index in [2.05, 4.69) is 53.3 Å². The molecule has 4 aromatic rings. The van der Waals surface area contributed by atoms with Crippen LogP contribution in [0.1, 0.15) is 42.1 Å². The van der Waals surface area contributed by atoms with Crippen LogP contribution in [0.25, 0.3) is 21.9 Å². The van der Waals surface area contributed by atoms with Crippen molar-refractivity contribution in [2.75, 3.05) is 6.61 Å². The number of ether oxygens (including phenoxy) is 2. The Morgan fingerprint density at radius 1 is 1.03 bits per heavy atom. The first kappa shape index (κ1) is 23.8. The zero-order valence-corrected chi connectivity index (χ0v) is 21.9. The van der Waals surface area contributed by atoms with Crippen molar-refractivity contribution in [3.63, 3.8) is 0 Å². The van der Waals surface area contributed by atoms with Crippen molar-refractivity contribution in [2.45, 2.75) is 70.2 Å². The zero-order valence-electron chi connectivity index (χ0n) is 20.9. The van der Waals surface area contributed by atoms with Gasteiger partial charge in [0.1, 0.15) is 18.5 Å². The summed E-state index contributed by atoms with van der Waals surface area (Å²) in [5.74, 6) is -0.221. The fourth-order valence-electron chi connectivity index (χ4n) is 4.97. The van der Waals surface area contributed by atoms with Crippen LogP contribution in [0.5, 0.6) is 0 Å². The number of hydrogen-bond acceptors (Lipinski definition) is 4. The SMILES string of the molecule is C[Si](C)(C)CCOCn1ccc2c1ncc1ccn([C@H]3CC[C@@H](OC(=O)c4ccccc4)CC3)c12. The van der Waals surface area contributed by atoms with Gasteiger partial charge in [-0.1, -0.05) is 37.8 Å². The van der Waals surface area contributed by atoms with Gasteiger partial charge >= 0.3 is 5.97 Å². The molecular weight excluding hydrogens is 454 g/mol. The fourth-order valence-corrected chi connectivity index (χ4v) is 5.73. The van der Waals surface area contributed by atoms with Crippen molar-refractivity contribution in [3.8, 4) is 0 Å². The van der Waals surface area contributed by atoms with Gasteiger partial charge in [0.05, 0.1) is 11.1 Å². The smallest absolute Gasteiger partial charge is 0.338 e. The van der Waals surface area contributed by atoms with Gasteiger partial charge in [-0.15, -0.1) is 0 Å². The molecule has 0 radical (unpaired) electrons. The quantitative estimate of drug-likeness (QED) is 0.158. The Bertz CT molecular complexity index is 1300. The Morgan fingerprint density at radius 2 is 1.80 bits per heavy atom. The Labute approximate surface area is 207 Å². The van der Waals surface area contributed by atoms with E-state index in [0.29, 0.717) is 18.3 Å². The number of pyridine rings is 1. The summed E-state index contributed by atoms with van der Waals surface area (Å²) in [6.45, 7) is 8.44. The predicted molar refractivity (Wildman–Crippen MR) is 142 cm³/mol. The van der Waals surface area contributed by atoms with E-state index in [1.54, 1.807) is 0 Å². The van der Waals surface area contributed by atoms with E-state index in [0.717, 1.165) is 49.4 Å². The third-order valence-electron chi connectivity index (χ3n) is 7.01. The summed E-state index contributed by atoms with van der Waals surface area (Å²) >= 11 is 0. The molecule has 0 atom stereocenters. The molecule has 3 aromatic heterocycles. The third-order valence-corrected chi connectivity index (χ3v) is 8.71. The molecule has 0 spiro atoms. The summed E-state index contributed by atoms with van der Waals surface area (Å²) in [7, 11) is -1.10. The number of carbonyl (C=O) groups is 1. The van der Waals surface area contributed by atoms with E-state index < -0.39 is 8.07 Å². The highest BCUT2D eigenvalue weighted by molar-refractivity contribution is 6.76. The van der Waals surface area contributed by atoms with Gasteiger partial charge in [-0.05, 0) is 56.0 Å². The van der Waals surface area contributed by atoms with Crippen molar-refractivity contribution < 1.29 is 14.3 Å². The van der Waals surface area contributed by atoms with Gasteiger partial charge in [-0.2, -0.15) is 0 Å². The Morgan fingerprint density at radius 3 is 2.54 bits per heavy atom. The number of esters is 1. The molecule has 1 saturated carbocycles. The highest BCUT2D eigenvalue weighted by atomic mass is 28.3. The molecule has 0 aliphatic heterocycles. The first-order valence-electron chi connectivity index (χ1n) is 12.7. The average molecular weight is 490 g/mol. The number of nitrogens with zero attached hydrogens (tertiary/aromatic N) is 3. The summed E-state index contributed by atoms with van der Waals surface area (Å²) in [6, 6.07) is 15.1. The lowest BCUT2D eigenvalue weighted by molar-refractivity contribution is 0.0173. The lowest BCUT2D eigenvalue weighted by Crippen LogP contribution is -2.25. The van der Waals surface area contributed by atoms with Gasteiger partial charge in [0.25, 0.3) is 0 Å². The molecule has 6 nitrogen and oxygen atoms in total. The highest BCUT2D eigenvalue weighted by Gasteiger charge is 2.26. The maximum atomic E-state index is 12.4. The number of hydrogen-bond donors (Lipinski definition) is 0. The number of rotatable bonds is 8. The van der Waals surface area contributed by atoms with Gasteiger partial charge in [-0.3, -0.25) is 0 Å². The standard InChI is InChI=1S/C28H35N3O3Si/c1-35(2,3)18-17-33-20-30-15-14-25-26-22(19-29-27(25)30)13-16-31(26)23-9-11-24(12-10-23)34-28(32)21-7-5-4-6-8-21/h4-8,13-16,19,23-24H,9-12,17-18,20H2,1-3H3/t23-,24+. The molecule has 7 heteroatoms. The van der Waals surface area contributed by atoms with E-state index in [4.69, 9.17) is 14.5 Å². The molecule has 1 aliphatic rings. The fraction of sp³-hybridized carbons (Fsp3) is 0.429. The molecule has 5 rings (SSSR count). The molecular formula is C28H35N3O3Si. The third kappa shape index (κ3) is 5.36. The average Bonchev–Trinajstić information content (AvgIpc) is 3.46. The minimum absolute atomic E-state index is 0.0168. The number of aromatic nitrogens is 3. The van der Waals surface area contributed by atoms with E-state index in [1.807, 2.05) is 36.5 Å². The van der Waals surface area contributed by atoms with Crippen LogP contribution in [0.2, 0.25) is 25.7 Å². The van der Waals surface area contributed by atoms with Crippen molar-refractivity contribution in [3.05, 3.63) is 66.6 Å². The van der Waals surface area contributed by atoms with Gasteiger partial charge in [0.15, 0.2) is 0 Å². The molecule has 1 aromatic carbocycles. The molecule has 3 heterocycles. The summed E-state index contributed by atoms with van der Waals surface area (Å²) in [6.07, 6.45) is 9.96. The summed E-state index contributed by atoms with van der Waals surface area (Å²) in [5, 5.41) is 2.33. The zero-order chi connectivity index (χ0) is 24.4. The van der Waals surface area contributed by atoms with Crippen LogP contribution < -0.4 is 0 Å². The van der Waals surface area contributed by atoms with E-state index in [1.165, 1.54) is 10.9 Å². The Balaban J connectivity index is 1.27. The molecule has 0 N–H and O–H groups in total. The van der Waals surface area contributed by atoms with Crippen LogP contribution in [0.4, 0.5) is 0 Å². The molecule has 1 aliphatic carbocycles. The highest BCUT2D eigenvalue weighted by Crippen LogP contribution is 2.35. The Kier molecular flexibility index (Phi) is 6.80. The number of benzene rings is 1. The first-order chi connectivity index (χ1) is 16.9. The van der Waals surface area contributed by atoms with Gasteiger partial charge < -0.3 is 18.6 Å². The van der Waals surface area contributed by atoms with Gasteiger partial charge in [0.2, 0.25) is 0 Å². The monoisotopic (exact) mass is 489 g/mol. The number of carbonyl (C=O) groups excluding carboxylic acids is 1. The van der Waals surface area contributed by atoms with Gasteiger partial charge in [-0.25, -0.2) is 9.78 Å². The first-order valence-corrected chi connectivity index (χ1v) is 16.4. The van der Waals surface area contributed by atoms with E-state index in [-0.39, 0.29) is 12.1 Å². The molecule has 0 amide bonds. The maximum absolute atomic E-state index is 12.4. The van der Waals surface area contributed by atoms with Crippen LogP contribution in [0, 0.1) is 0 Å². The maximum Gasteiger partial charge on any atom is 0.338 e. The second-order valence-corrected chi connectivity index (χ2v) is 16.5. The minimum Gasteiger partial charge on any atom is -0.459 e. The largest absolute Gasteiger partial charge is 0.459 e. The summed E-state index contributed by atoms with van der Waals surface area (Å²) in [4.78, 5) is 17.2. The van der Waals surface area contributed by atoms with Crippen LogP contribution in [-0.2, 0) is 16.2 Å². The molecule has 0 unspecified atom stereocenters. The molecule has 0 bridgehead atoms. The molecule has 35 heavy (non-hydrogen) atoms.